The van der Waals surface area contributed by atoms with Crippen molar-refractivity contribution in [3.05, 3.63) is 45.3 Å². The number of rotatable bonds is 8. The van der Waals surface area contributed by atoms with E-state index in [1.165, 1.54) is 0 Å². The molecule has 34 heavy (non-hydrogen) atoms. The number of hydrogen-bond acceptors (Lipinski definition) is 2. The summed E-state index contributed by atoms with van der Waals surface area (Å²) in [6, 6.07) is 10.4. The Kier molecular flexibility index (Phi) is 7.31. The molecule has 1 atom stereocenters. The predicted octanol–water partition coefficient (Wildman–Crippen LogP) is 7.17. The van der Waals surface area contributed by atoms with Crippen molar-refractivity contribution in [2.24, 2.45) is 0 Å². The SMILES string of the molecule is OC(COCC(F)(F)C(F)(F)C(F)(F)C(F)(F)F)Cn1c2ccc(Br)cc2c2cc(Br)ccc21. The van der Waals surface area contributed by atoms with Gasteiger partial charge in [0.2, 0.25) is 0 Å². The second-order valence-corrected chi connectivity index (χ2v) is 9.28. The van der Waals surface area contributed by atoms with Gasteiger partial charge < -0.3 is 14.4 Å². The van der Waals surface area contributed by atoms with Crippen LogP contribution < -0.4 is 0 Å². The van der Waals surface area contributed by atoms with Gasteiger partial charge in [0.15, 0.2) is 0 Å². The second-order valence-electron chi connectivity index (χ2n) is 7.45. The average molecular weight is 631 g/mol. The molecule has 1 N–H and O–H groups in total. The van der Waals surface area contributed by atoms with Crippen LogP contribution in [0.25, 0.3) is 21.8 Å². The van der Waals surface area contributed by atoms with E-state index in [0.29, 0.717) is 11.0 Å². The molecule has 0 spiro atoms. The van der Waals surface area contributed by atoms with E-state index in [9.17, 15) is 44.6 Å². The van der Waals surface area contributed by atoms with Crippen LogP contribution in [0, 0.1) is 0 Å². The minimum Gasteiger partial charge on any atom is -0.389 e. The fourth-order valence-corrected chi connectivity index (χ4v) is 4.05. The molecule has 14 heteroatoms. The van der Waals surface area contributed by atoms with Crippen LogP contribution >= 0.6 is 31.9 Å². The summed E-state index contributed by atoms with van der Waals surface area (Å²) in [6.07, 6.45) is -8.49. The van der Waals surface area contributed by atoms with Crippen molar-refractivity contribution in [2.45, 2.75) is 36.6 Å². The smallest absolute Gasteiger partial charge is 0.389 e. The third kappa shape index (κ3) is 4.78. The maximum absolute atomic E-state index is 13.6. The van der Waals surface area contributed by atoms with Gasteiger partial charge in [0.1, 0.15) is 6.61 Å². The number of alkyl halides is 9. The molecule has 0 radical (unpaired) electrons. The first-order chi connectivity index (χ1) is 15.5. The molecule has 0 amide bonds. The van der Waals surface area contributed by atoms with Gasteiger partial charge in [0.05, 0.1) is 19.3 Å². The Morgan fingerprint density at radius 2 is 1.26 bits per heavy atom. The van der Waals surface area contributed by atoms with Crippen LogP contribution in [0.5, 0.6) is 0 Å². The molecule has 0 fully saturated rings. The van der Waals surface area contributed by atoms with Gasteiger partial charge in [-0.25, -0.2) is 0 Å². The molecule has 0 saturated carbocycles. The fourth-order valence-electron chi connectivity index (χ4n) is 3.33. The summed E-state index contributed by atoms with van der Waals surface area (Å²) in [4.78, 5) is 0. The number of ether oxygens (including phenoxy) is 1. The summed E-state index contributed by atoms with van der Waals surface area (Å²) in [5.74, 6) is -19.6. The minimum absolute atomic E-state index is 0.274. The number of nitrogens with zero attached hydrogens (tertiary/aromatic N) is 1. The number of halogens is 11. The maximum atomic E-state index is 13.6. The van der Waals surface area contributed by atoms with E-state index >= 15 is 0 Å². The highest BCUT2D eigenvalue weighted by Crippen LogP contribution is 2.53. The zero-order valence-electron chi connectivity index (χ0n) is 16.6. The largest absolute Gasteiger partial charge is 0.460 e. The molecule has 3 aromatic rings. The molecule has 0 bridgehead atoms. The Bertz CT molecular complexity index is 1130. The molecule has 0 aliphatic rings. The third-order valence-electron chi connectivity index (χ3n) is 4.99. The molecule has 188 valence electrons. The van der Waals surface area contributed by atoms with Crippen LogP contribution in [0.4, 0.5) is 39.5 Å². The lowest BCUT2D eigenvalue weighted by atomic mass is 10.0. The van der Waals surface area contributed by atoms with Crippen molar-refractivity contribution < 1.29 is 49.4 Å². The molecule has 3 rings (SSSR count). The minimum atomic E-state index is -6.99. The van der Waals surface area contributed by atoms with E-state index in [0.717, 1.165) is 19.7 Å². The molecule has 1 unspecified atom stereocenters. The van der Waals surface area contributed by atoms with E-state index < -0.39 is 43.3 Å². The standard InChI is InChI=1S/C20H14Br2F9NO2/c21-10-1-3-15-13(5-10)14-6-11(22)2-4-16(14)32(15)7-12(33)8-34-9-17(23,24)18(25,26)19(27,28)20(29,30)31/h1-6,12,33H,7-9H2. The maximum Gasteiger partial charge on any atom is 0.460 e. The highest BCUT2D eigenvalue weighted by molar-refractivity contribution is 9.10. The Balaban J connectivity index is 1.76. The van der Waals surface area contributed by atoms with Crippen molar-refractivity contribution in [3.63, 3.8) is 0 Å². The average Bonchev–Trinajstić information content (AvgIpc) is 2.98. The van der Waals surface area contributed by atoms with Crippen molar-refractivity contribution >= 4 is 53.7 Å². The van der Waals surface area contributed by atoms with E-state index in [2.05, 4.69) is 36.6 Å². The molecule has 1 aromatic heterocycles. The van der Waals surface area contributed by atoms with Crippen LogP contribution in [0.15, 0.2) is 45.3 Å². The molecular weight excluding hydrogens is 617 g/mol. The van der Waals surface area contributed by atoms with E-state index in [1.807, 2.05) is 0 Å². The number of benzene rings is 2. The van der Waals surface area contributed by atoms with Crippen LogP contribution in [0.3, 0.4) is 0 Å². The van der Waals surface area contributed by atoms with E-state index in [4.69, 9.17) is 0 Å². The Labute approximate surface area is 202 Å². The topological polar surface area (TPSA) is 34.4 Å². The molecule has 3 nitrogen and oxygen atoms in total. The second kappa shape index (κ2) is 9.17. The molecule has 2 aromatic carbocycles. The summed E-state index contributed by atoms with van der Waals surface area (Å²) in [7, 11) is 0. The van der Waals surface area contributed by atoms with Gasteiger partial charge >= 0.3 is 23.9 Å². The first-order valence-corrected chi connectivity index (χ1v) is 10.9. The Morgan fingerprint density at radius 3 is 1.71 bits per heavy atom. The summed E-state index contributed by atoms with van der Waals surface area (Å²) in [6.45, 7) is -3.77. The lowest BCUT2D eigenvalue weighted by Gasteiger charge is -2.33. The van der Waals surface area contributed by atoms with Crippen molar-refractivity contribution in [3.8, 4) is 0 Å². The number of aliphatic hydroxyl groups excluding tert-OH is 1. The highest BCUT2D eigenvalue weighted by Gasteiger charge is 2.81. The number of fused-ring (bicyclic) bond motifs is 3. The van der Waals surface area contributed by atoms with Crippen LogP contribution in [0.2, 0.25) is 0 Å². The van der Waals surface area contributed by atoms with Crippen molar-refractivity contribution in [1.29, 1.82) is 0 Å². The van der Waals surface area contributed by atoms with Gasteiger partial charge in [-0.05, 0) is 36.4 Å². The van der Waals surface area contributed by atoms with Crippen molar-refractivity contribution in [2.75, 3.05) is 13.2 Å². The van der Waals surface area contributed by atoms with Gasteiger partial charge in [-0.3, -0.25) is 0 Å². The van der Waals surface area contributed by atoms with Crippen LogP contribution in [0.1, 0.15) is 0 Å². The van der Waals surface area contributed by atoms with Gasteiger partial charge in [0, 0.05) is 30.8 Å². The normalized spacial score (nSPS) is 14.8. The van der Waals surface area contributed by atoms with Gasteiger partial charge in [-0.1, -0.05) is 31.9 Å². The Hall–Kier alpha value is -1.51. The summed E-state index contributed by atoms with van der Waals surface area (Å²) in [5, 5.41) is 11.7. The molecule has 0 saturated heterocycles. The molecule has 1 heterocycles. The summed E-state index contributed by atoms with van der Waals surface area (Å²) < 4.78 is 124. The predicted molar refractivity (Wildman–Crippen MR) is 113 cm³/mol. The quantitative estimate of drug-likeness (QED) is 0.268. The number of aliphatic hydroxyl groups is 1. The number of aromatic nitrogens is 1. The third-order valence-corrected chi connectivity index (χ3v) is 5.97. The van der Waals surface area contributed by atoms with Gasteiger partial charge in [-0.15, -0.1) is 0 Å². The first-order valence-electron chi connectivity index (χ1n) is 9.32. The zero-order chi connectivity index (χ0) is 25.7. The zero-order valence-corrected chi connectivity index (χ0v) is 19.8. The monoisotopic (exact) mass is 629 g/mol. The van der Waals surface area contributed by atoms with Crippen LogP contribution in [-0.4, -0.2) is 52.9 Å². The van der Waals surface area contributed by atoms with E-state index in [-0.39, 0.29) is 6.54 Å². The Morgan fingerprint density at radius 1 is 0.794 bits per heavy atom. The molecule has 0 aliphatic carbocycles. The lowest BCUT2D eigenvalue weighted by Crippen LogP contribution is -2.62. The fraction of sp³-hybridized carbons (Fsp3) is 0.400. The summed E-state index contributed by atoms with van der Waals surface area (Å²) in [5.41, 5.74) is 1.24. The van der Waals surface area contributed by atoms with Crippen molar-refractivity contribution in [1.82, 2.24) is 4.57 Å². The molecular formula is C20H14Br2F9NO2. The van der Waals surface area contributed by atoms with Gasteiger partial charge in [0.25, 0.3) is 0 Å². The van der Waals surface area contributed by atoms with Gasteiger partial charge in [-0.2, -0.15) is 39.5 Å². The van der Waals surface area contributed by atoms with Crippen LogP contribution in [-0.2, 0) is 11.3 Å². The first kappa shape index (κ1) is 27.1. The lowest BCUT2D eigenvalue weighted by molar-refractivity contribution is -0.400. The highest BCUT2D eigenvalue weighted by atomic mass is 79.9. The summed E-state index contributed by atoms with van der Waals surface area (Å²) >= 11 is 6.69. The molecule has 0 aliphatic heterocycles. The number of hydrogen-bond donors (Lipinski definition) is 1. The van der Waals surface area contributed by atoms with E-state index in [1.54, 1.807) is 41.0 Å².